The van der Waals surface area contributed by atoms with E-state index in [4.69, 9.17) is 5.73 Å². The highest BCUT2D eigenvalue weighted by Gasteiger charge is 2.13. The van der Waals surface area contributed by atoms with Crippen molar-refractivity contribution in [2.45, 2.75) is 13.3 Å². The first kappa shape index (κ1) is 12.9. The summed E-state index contributed by atoms with van der Waals surface area (Å²) in [5.74, 6) is -1.02. The molecule has 100 valence electrons. The van der Waals surface area contributed by atoms with Crippen LogP contribution in [0, 0.1) is 0 Å². The molecule has 0 fully saturated rings. The number of aromatic nitrogens is 2. The Hall–Kier alpha value is -2.50. The molecule has 4 N–H and O–H groups in total. The topological polar surface area (TPSA) is 93.2 Å². The maximum absolute atomic E-state index is 11.2. The van der Waals surface area contributed by atoms with Gasteiger partial charge in [-0.05, 0) is 24.6 Å². The first-order valence-corrected chi connectivity index (χ1v) is 5.93. The van der Waals surface area contributed by atoms with Crippen molar-refractivity contribution in [3.63, 3.8) is 0 Å². The van der Waals surface area contributed by atoms with E-state index in [-0.39, 0.29) is 5.56 Å². The number of benzene rings is 1. The van der Waals surface area contributed by atoms with Gasteiger partial charge in [-0.1, -0.05) is 6.92 Å². The lowest BCUT2D eigenvalue weighted by atomic mass is 10.1. The molecule has 0 radical (unpaired) electrons. The molecule has 0 amide bonds. The standard InChI is InChI=1S/C13H16N4O2/c1-3-10-12(7-17(2)16-10)15-11-5-4-8(14)6-9(11)13(18)19/h4-7,15H,3,14H2,1-2H3,(H,18,19). The van der Waals surface area contributed by atoms with Crippen molar-refractivity contribution in [3.05, 3.63) is 35.7 Å². The van der Waals surface area contributed by atoms with Crippen LogP contribution in [0.3, 0.4) is 0 Å². The Labute approximate surface area is 110 Å². The fourth-order valence-electron chi connectivity index (χ4n) is 1.89. The number of nitrogens with one attached hydrogen (secondary N) is 1. The number of hydrogen-bond donors (Lipinski definition) is 3. The number of hydrogen-bond acceptors (Lipinski definition) is 4. The molecule has 6 nitrogen and oxygen atoms in total. The Morgan fingerprint density at radius 3 is 2.84 bits per heavy atom. The van der Waals surface area contributed by atoms with Gasteiger partial charge in [-0.2, -0.15) is 5.10 Å². The van der Waals surface area contributed by atoms with E-state index in [1.54, 1.807) is 16.8 Å². The molecule has 0 saturated carbocycles. The Morgan fingerprint density at radius 2 is 2.21 bits per heavy atom. The van der Waals surface area contributed by atoms with Crippen LogP contribution < -0.4 is 11.1 Å². The van der Waals surface area contributed by atoms with Gasteiger partial charge in [0.25, 0.3) is 0 Å². The minimum atomic E-state index is -1.02. The number of nitrogens with zero attached hydrogens (tertiary/aromatic N) is 2. The fraction of sp³-hybridized carbons (Fsp3) is 0.231. The third-order valence-electron chi connectivity index (χ3n) is 2.78. The van der Waals surface area contributed by atoms with Crippen LogP contribution in [0.25, 0.3) is 0 Å². The van der Waals surface area contributed by atoms with Crippen LogP contribution in [-0.4, -0.2) is 20.9 Å². The summed E-state index contributed by atoms with van der Waals surface area (Å²) in [6.07, 6.45) is 2.58. The van der Waals surface area contributed by atoms with Crippen LogP contribution >= 0.6 is 0 Å². The van der Waals surface area contributed by atoms with Gasteiger partial charge < -0.3 is 16.2 Å². The fourth-order valence-corrected chi connectivity index (χ4v) is 1.89. The van der Waals surface area contributed by atoms with Crippen molar-refractivity contribution >= 4 is 23.0 Å². The number of rotatable bonds is 4. The third kappa shape index (κ3) is 2.67. The molecule has 0 aliphatic heterocycles. The molecule has 0 aliphatic rings. The molecule has 6 heteroatoms. The minimum absolute atomic E-state index is 0.144. The van der Waals surface area contributed by atoms with Gasteiger partial charge in [0.1, 0.15) is 0 Å². The third-order valence-corrected chi connectivity index (χ3v) is 2.78. The molecule has 1 heterocycles. The molecule has 19 heavy (non-hydrogen) atoms. The molecule has 1 aromatic heterocycles. The zero-order chi connectivity index (χ0) is 14.0. The van der Waals surface area contributed by atoms with Gasteiger partial charge >= 0.3 is 5.97 Å². The van der Waals surface area contributed by atoms with E-state index in [0.29, 0.717) is 11.4 Å². The molecule has 2 rings (SSSR count). The number of anilines is 3. The van der Waals surface area contributed by atoms with Crippen molar-refractivity contribution in [1.29, 1.82) is 0 Å². The van der Waals surface area contributed by atoms with E-state index >= 15 is 0 Å². The monoisotopic (exact) mass is 260 g/mol. The average Bonchev–Trinajstić information content (AvgIpc) is 2.71. The summed E-state index contributed by atoms with van der Waals surface area (Å²) in [6.45, 7) is 1.99. The van der Waals surface area contributed by atoms with Crippen molar-refractivity contribution < 1.29 is 9.90 Å². The smallest absolute Gasteiger partial charge is 0.337 e. The second-order valence-electron chi connectivity index (χ2n) is 4.25. The highest BCUT2D eigenvalue weighted by Crippen LogP contribution is 2.25. The molecule has 0 atom stereocenters. The largest absolute Gasteiger partial charge is 0.478 e. The van der Waals surface area contributed by atoms with E-state index in [9.17, 15) is 9.90 Å². The normalized spacial score (nSPS) is 10.4. The number of carboxylic acids is 1. The van der Waals surface area contributed by atoms with E-state index in [2.05, 4.69) is 10.4 Å². The summed E-state index contributed by atoms with van der Waals surface area (Å²) in [5, 5.41) is 16.6. The molecule has 0 aliphatic carbocycles. The average molecular weight is 260 g/mol. The zero-order valence-corrected chi connectivity index (χ0v) is 10.8. The van der Waals surface area contributed by atoms with Gasteiger partial charge in [-0.25, -0.2) is 4.79 Å². The summed E-state index contributed by atoms with van der Waals surface area (Å²) in [7, 11) is 1.82. The number of carboxylic acid groups (broad SMARTS) is 1. The highest BCUT2D eigenvalue weighted by atomic mass is 16.4. The van der Waals surface area contributed by atoms with Crippen LogP contribution in [0.2, 0.25) is 0 Å². The molecular weight excluding hydrogens is 244 g/mol. The van der Waals surface area contributed by atoms with Crippen LogP contribution in [0.1, 0.15) is 23.0 Å². The number of aromatic carboxylic acids is 1. The minimum Gasteiger partial charge on any atom is -0.478 e. The molecule has 0 saturated heterocycles. The highest BCUT2D eigenvalue weighted by molar-refractivity contribution is 5.96. The van der Waals surface area contributed by atoms with Crippen molar-refractivity contribution in [2.75, 3.05) is 11.1 Å². The SMILES string of the molecule is CCc1nn(C)cc1Nc1ccc(N)cc1C(=O)O. The molecule has 0 unspecified atom stereocenters. The number of nitrogen functional groups attached to an aromatic ring is 1. The Kier molecular flexibility index (Phi) is 3.41. The molecule has 2 aromatic rings. The molecule has 0 spiro atoms. The number of carbonyl (C=O) groups is 1. The van der Waals surface area contributed by atoms with E-state index in [1.807, 2.05) is 20.2 Å². The number of nitrogens with two attached hydrogens (primary N) is 1. The summed E-state index contributed by atoms with van der Waals surface area (Å²) >= 11 is 0. The van der Waals surface area contributed by atoms with Crippen LogP contribution in [0.5, 0.6) is 0 Å². The lowest BCUT2D eigenvalue weighted by Gasteiger charge is -2.09. The van der Waals surface area contributed by atoms with Gasteiger partial charge in [-0.3, -0.25) is 4.68 Å². The Balaban J connectivity index is 2.40. The van der Waals surface area contributed by atoms with Gasteiger partial charge in [-0.15, -0.1) is 0 Å². The zero-order valence-electron chi connectivity index (χ0n) is 10.8. The van der Waals surface area contributed by atoms with Crippen LogP contribution in [-0.2, 0) is 13.5 Å². The van der Waals surface area contributed by atoms with E-state index < -0.39 is 5.97 Å². The quantitative estimate of drug-likeness (QED) is 0.731. The Morgan fingerprint density at radius 1 is 1.47 bits per heavy atom. The number of aryl methyl sites for hydroxylation is 2. The first-order valence-electron chi connectivity index (χ1n) is 5.93. The molecule has 0 bridgehead atoms. The van der Waals surface area contributed by atoms with Crippen molar-refractivity contribution in [1.82, 2.24) is 9.78 Å². The predicted molar refractivity (Wildman–Crippen MR) is 73.7 cm³/mol. The van der Waals surface area contributed by atoms with Crippen LogP contribution in [0.4, 0.5) is 17.1 Å². The lowest BCUT2D eigenvalue weighted by molar-refractivity contribution is 0.0698. The van der Waals surface area contributed by atoms with Gasteiger partial charge in [0.2, 0.25) is 0 Å². The summed E-state index contributed by atoms with van der Waals surface area (Å²) in [5.41, 5.74) is 8.37. The predicted octanol–water partition coefficient (Wildman–Crippen LogP) is 2.01. The summed E-state index contributed by atoms with van der Waals surface area (Å²) in [6, 6.07) is 4.76. The van der Waals surface area contributed by atoms with Crippen LogP contribution in [0.15, 0.2) is 24.4 Å². The van der Waals surface area contributed by atoms with Crippen molar-refractivity contribution in [2.24, 2.45) is 7.05 Å². The summed E-state index contributed by atoms with van der Waals surface area (Å²) in [4.78, 5) is 11.2. The Bertz CT molecular complexity index is 619. The second kappa shape index (κ2) is 5.01. The molecule has 1 aromatic carbocycles. The van der Waals surface area contributed by atoms with Gasteiger partial charge in [0.05, 0.1) is 22.6 Å². The van der Waals surface area contributed by atoms with Gasteiger partial charge in [0.15, 0.2) is 0 Å². The summed E-state index contributed by atoms with van der Waals surface area (Å²) < 4.78 is 1.69. The van der Waals surface area contributed by atoms with Gasteiger partial charge in [0, 0.05) is 18.9 Å². The van der Waals surface area contributed by atoms with E-state index in [0.717, 1.165) is 17.8 Å². The second-order valence-corrected chi connectivity index (χ2v) is 4.25. The molecular formula is C13H16N4O2. The lowest BCUT2D eigenvalue weighted by Crippen LogP contribution is -2.04. The van der Waals surface area contributed by atoms with E-state index in [1.165, 1.54) is 6.07 Å². The van der Waals surface area contributed by atoms with Crippen molar-refractivity contribution in [3.8, 4) is 0 Å². The first-order chi connectivity index (χ1) is 9.01. The maximum Gasteiger partial charge on any atom is 0.337 e. The maximum atomic E-state index is 11.2.